The third kappa shape index (κ3) is 10.2. The number of hydrogen-bond acceptors (Lipinski definition) is 4. The maximum absolute atomic E-state index is 12.5. The van der Waals surface area contributed by atoms with Crippen molar-refractivity contribution >= 4 is 11.9 Å². The van der Waals surface area contributed by atoms with E-state index in [4.69, 9.17) is 4.74 Å². The second-order valence-electron chi connectivity index (χ2n) is 4.52. The van der Waals surface area contributed by atoms with Gasteiger partial charge in [-0.2, -0.15) is 8.78 Å². The Morgan fingerprint density at radius 3 is 2.23 bits per heavy atom. The Morgan fingerprint density at radius 2 is 1.68 bits per heavy atom. The van der Waals surface area contributed by atoms with Gasteiger partial charge in [-0.3, -0.25) is 9.59 Å². The van der Waals surface area contributed by atoms with Gasteiger partial charge in [0.2, 0.25) is 0 Å². The second-order valence-corrected chi connectivity index (χ2v) is 4.52. The summed E-state index contributed by atoms with van der Waals surface area (Å²) in [7, 11) is 0. The minimum absolute atomic E-state index is 0.0383. The fourth-order valence-electron chi connectivity index (χ4n) is 1.25. The summed E-state index contributed by atoms with van der Waals surface area (Å²) in [6.45, 7) is 0.465. The second kappa shape index (κ2) is 11.0. The number of alkyl halides is 4. The van der Waals surface area contributed by atoms with Gasteiger partial charge in [0.25, 0.3) is 0 Å². The van der Waals surface area contributed by atoms with E-state index in [0.29, 0.717) is 0 Å². The van der Waals surface area contributed by atoms with Crippen molar-refractivity contribution in [1.29, 1.82) is 0 Å². The van der Waals surface area contributed by atoms with Crippen LogP contribution in [0.3, 0.4) is 0 Å². The molecule has 0 saturated carbocycles. The molecule has 128 valence electrons. The van der Waals surface area contributed by atoms with E-state index in [9.17, 15) is 27.2 Å². The minimum atomic E-state index is -4.36. The lowest BCUT2D eigenvalue weighted by Crippen LogP contribution is -2.33. The number of halogens is 4. The Bertz CT molecular complexity index is 370. The molecule has 0 aromatic carbocycles. The fraction of sp³-hybridized carbons (Fsp3) is 0.714. The monoisotopic (exact) mass is 328 g/mol. The normalized spacial score (nSPS) is 11.9. The lowest BCUT2D eigenvalue weighted by atomic mass is 10.2. The molecule has 0 aromatic heterocycles. The van der Waals surface area contributed by atoms with Crippen molar-refractivity contribution in [2.75, 3.05) is 13.2 Å². The van der Waals surface area contributed by atoms with Gasteiger partial charge in [-0.15, -0.1) is 0 Å². The van der Waals surface area contributed by atoms with Crippen LogP contribution in [0.25, 0.3) is 0 Å². The van der Waals surface area contributed by atoms with Crippen molar-refractivity contribution in [2.24, 2.45) is 0 Å². The molecule has 0 atom stereocenters. The van der Waals surface area contributed by atoms with Gasteiger partial charge in [-0.1, -0.05) is 25.5 Å². The number of esters is 2. The van der Waals surface area contributed by atoms with Gasteiger partial charge in [-0.05, 0) is 12.8 Å². The van der Waals surface area contributed by atoms with E-state index in [1.54, 1.807) is 6.08 Å². The van der Waals surface area contributed by atoms with Crippen LogP contribution >= 0.6 is 0 Å². The molecule has 0 amide bonds. The van der Waals surface area contributed by atoms with Gasteiger partial charge < -0.3 is 9.47 Å². The van der Waals surface area contributed by atoms with E-state index in [0.717, 1.165) is 12.8 Å². The smallest absolute Gasteiger partial charge is 0.340 e. The van der Waals surface area contributed by atoms with E-state index in [1.807, 2.05) is 13.0 Å². The van der Waals surface area contributed by atoms with E-state index in [2.05, 4.69) is 4.74 Å². The Kier molecular flexibility index (Phi) is 10.2. The van der Waals surface area contributed by atoms with Crippen LogP contribution in [0.2, 0.25) is 0 Å². The van der Waals surface area contributed by atoms with Crippen molar-refractivity contribution in [3.63, 3.8) is 0 Å². The fourth-order valence-corrected chi connectivity index (χ4v) is 1.25. The molecule has 0 saturated heterocycles. The number of rotatable bonds is 11. The predicted octanol–water partition coefficient (Wildman–Crippen LogP) is 3.50. The minimum Gasteiger partial charge on any atom is -0.461 e. The van der Waals surface area contributed by atoms with Crippen LogP contribution in [0.15, 0.2) is 12.2 Å². The largest absolute Gasteiger partial charge is 0.461 e. The highest BCUT2D eigenvalue weighted by atomic mass is 19.3. The van der Waals surface area contributed by atoms with Crippen molar-refractivity contribution in [3.8, 4) is 0 Å². The summed E-state index contributed by atoms with van der Waals surface area (Å²) < 4.78 is 57.4. The van der Waals surface area contributed by atoms with Gasteiger partial charge in [0.15, 0.2) is 6.61 Å². The number of carbonyl (C=O) groups excluding carboxylic acids is 2. The van der Waals surface area contributed by atoms with Gasteiger partial charge in [0.05, 0.1) is 0 Å². The van der Waals surface area contributed by atoms with Crippen LogP contribution in [0.1, 0.15) is 39.0 Å². The van der Waals surface area contributed by atoms with E-state index in [-0.39, 0.29) is 25.9 Å². The maximum atomic E-state index is 12.5. The zero-order chi connectivity index (χ0) is 17.0. The standard InChI is InChI=1S/C14H20F4O4/c1-2-3-4-5-9-21-11(19)7-6-8-12(20)22-10-14(17,18)13(15)16/h4-5,13H,2-3,6-10H2,1H3/b5-4+. The molecule has 8 heteroatoms. The van der Waals surface area contributed by atoms with Crippen LogP contribution in [-0.4, -0.2) is 37.5 Å². The number of unbranched alkanes of at least 4 members (excludes halogenated alkanes) is 1. The first-order chi connectivity index (χ1) is 10.3. The molecule has 0 spiro atoms. The first-order valence-corrected chi connectivity index (χ1v) is 6.91. The molecule has 0 aromatic rings. The summed E-state index contributed by atoms with van der Waals surface area (Å²) >= 11 is 0. The number of allylic oxidation sites excluding steroid dienone is 1. The molecular weight excluding hydrogens is 308 g/mol. The third-order valence-corrected chi connectivity index (χ3v) is 2.47. The van der Waals surface area contributed by atoms with Crippen molar-refractivity contribution in [2.45, 2.75) is 51.4 Å². The Labute approximate surface area is 126 Å². The van der Waals surface area contributed by atoms with Crippen LogP contribution in [0, 0.1) is 0 Å². The maximum Gasteiger partial charge on any atom is 0.340 e. The molecule has 0 aliphatic rings. The molecule has 0 radical (unpaired) electrons. The lowest BCUT2D eigenvalue weighted by Gasteiger charge is -2.14. The molecule has 0 bridgehead atoms. The van der Waals surface area contributed by atoms with Crippen LogP contribution in [0.5, 0.6) is 0 Å². The lowest BCUT2D eigenvalue weighted by molar-refractivity contribution is -0.179. The summed E-state index contributed by atoms with van der Waals surface area (Å²) in [6, 6.07) is 0. The number of ether oxygens (including phenoxy) is 2. The van der Waals surface area contributed by atoms with Gasteiger partial charge in [0.1, 0.15) is 6.61 Å². The highest BCUT2D eigenvalue weighted by Gasteiger charge is 2.42. The Morgan fingerprint density at radius 1 is 1.09 bits per heavy atom. The topological polar surface area (TPSA) is 52.6 Å². The molecule has 0 fully saturated rings. The predicted molar refractivity (Wildman–Crippen MR) is 70.8 cm³/mol. The Balaban J connectivity index is 3.73. The van der Waals surface area contributed by atoms with E-state index < -0.39 is 30.9 Å². The molecule has 0 aliphatic carbocycles. The molecule has 22 heavy (non-hydrogen) atoms. The summed E-state index contributed by atoms with van der Waals surface area (Å²) in [5.74, 6) is -5.96. The summed E-state index contributed by atoms with van der Waals surface area (Å²) in [5.41, 5.74) is 0. The first-order valence-electron chi connectivity index (χ1n) is 6.91. The molecular formula is C14H20F4O4. The average Bonchev–Trinajstić information content (AvgIpc) is 2.45. The van der Waals surface area contributed by atoms with Gasteiger partial charge in [-0.25, -0.2) is 8.78 Å². The SMILES string of the molecule is CCC/C=C/COC(=O)CCCC(=O)OCC(F)(F)C(F)F. The highest BCUT2D eigenvalue weighted by molar-refractivity contribution is 5.72. The molecule has 4 nitrogen and oxygen atoms in total. The Hall–Kier alpha value is -1.60. The van der Waals surface area contributed by atoms with Crippen LogP contribution in [-0.2, 0) is 19.1 Å². The van der Waals surface area contributed by atoms with Gasteiger partial charge in [0, 0.05) is 12.8 Å². The van der Waals surface area contributed by atoms with Gasteiger partial charge >= 0.3 is 24.3 Å². The van der Waals surface area contributed by atoms with Crippen molar-refractivity contribution < 1.29 is 36.6 Å². The number of carbonyl (C=O) groups is 2. The summed E-state index contributed by atoms with van der Waals surface area (Å²) in [6.07, 6.45) is 1.18. The van der Waals surface area contributed by atoms with E-state index >= 15 is 0 Å². The summed E-state index contributed by atoms with van der Waals surface area (Å²) in [5, 5.41) is 0. The third-order valence-electron chi connectivity index (χ3n) is 2.47. The highest BCUT2D eigenvalue weighted by Crippen LogP contribution is 2.23. The molecule has 0 N–H and O–H groups in total. The quantitative estimate of drug-likeness (QED) is 0.331. The van der Waals surface area contributed by atoms with E-state index in [1.165, 1.54) is 0 Å². The van der Waals surface area contributed by atoms with Crippen LogP contribution < -0.4 is 0 Å². The zero-order valence-corrected chi connectivity index (χ0v) is 12.3. The number of hydrogen-bond donors (Lipinski definition) is 0. The van der Waals surface area contributed by atoms with Crippen molar-refractivity contribution in [1.82, 2.24) is 0 Å². The molecule has 0 heterocycles. The molecule has 0 unspecified atom stereocenters. The van der Waals surface area contributed by atoms with Crippen molar-refractivity contribution in [3.05, 3.63) is 12.2 Å². The summed E-state index contributed by atoms with van der Waals surface area (Å²) in [4.78, 5) is 22.3. The molecule has 0 aliphatic heterocycles. The average molecular weight is 328 g/mol. The zero-order valence-electron chi connectivity index (χ0n) is 12.3. The van der Waals surface area contributed by atoms with Crippen LogP contribution in [0.4, 0.5) is 17.6 Å². The molecule has 0 rings (SSSR count). The first kappa shape index (κ1) is 20.4.